The highest BCUT2D eigenvalue weighted by atomic mass is 32.1. The molecule has 0 saturated heterocycles. The van der Waals surface area contributed by atoms with Crippen molar-refractivity contribution in [2.24, 2.45) is 5.73 Å². The molecule has 0 aromatic carbocycles. The summed E-state index contributed by atoms with van der Waals surface area (Å²) in [6.45, 7) is 2.81. The van der Waals surface area contributed by atoms with Gasteiger partial charge < -0.3 is 11.1 Å². The molecule has 1 aromatic heterocycles. The van der Waals surface area contributed by atoms with Crippen LogP contribution >= 0.6 is 12.2 Å². The molecular weight excluding hydrogens is 172 g/mol. The van der Waals surface area contributed by atoms with E-state index >= 15 is 0 Å². The first kappa shape index (κ1) is 8.86. The minimum absolute atomic E-state index is 0.269. The van der Waals surface area contributed by atoms with Gasteiger partial charge in [0.15, 0.2) is 0 Å². The molecule has 0 radical (unpaired) electrons. The molecule has 0 aliphatic rings. The fourth-order valence-corrected chi connectivity index (χ4v) is 0.833. The van der Waals surface area contributed by atoms with E-state index in [1.165, 1.54) is 0 Å². The maximum absolute atomic E-state index is 5.35. The van der Waals surface area contributed by atoms with Gasteiger partial charge in [-0.1, -0.05) is 12.2 Å². The number of nitrogens with two attached hydrogens (primary N) is 1. The Morgan fingerprint density at radius 2 is 2.33 bits per heavy atom. The topological polar surface area (TPSA) is 63.8 Å². The van der Waals surface area contributed by atoms with Crippen LogP contribution < -0.4 is 11.1 Å². The monoisotopic (exact) mass is 182 g/mol. The molecule has 0 spiro atoms. The molecule has 1 heterocycles. The first-order valence-corrected chi connectivity index (χ1v) is 4.00. The minimum atomic E-state index is 0.269. The third-order valence-corrected chi connectivity index (χ3v) is 1.47. The van der Waals surface area contributed by atoms with Crippen LogP contribution in [-0.2, 0) is 0 Å². The molecule has 12 heavy (non-hydrogen) atoms. The van der Waals surface area contributed by atoms with Crippen LogP contribution in [0.5, 0.6) is 0 Å². The summed E-state index contributed by atoms with van der Waals surface area (Å²) >= 11 is 4.72. The van der Waals surface area contributed by atoms with Gasteiger partial charge in [-0.3, -0.25) is 0 Å². The molecule has 0 saturated carbocycles. The van der Waals surface area contributed by atoms with Crippen LogP contribution in [-0.4, -0.2) is 21.5 Å². The van der Waals surface area contributed by atoms with Gasteiger partial charge in [-0.2, -0.15) is 0 Å². The second kappa shape index (κ2) is 3.96. The molecule has 3 N–H and O–H groups in total. The Morgan fingerprint density at radius 3 is 2.75 bits per heavy atom. The van der Waals surface area contributed by atoms with E-state index in [0.29, 0.717) is 5.69 Å². The summed E-state index contributed by atoms with van der Waals surface area (Å²) in [5.74, 6) is 0.734. The van der Waals surface area contributed by atoms with E-state index < -0.39 is 0 Å². The molecule has 64 valence electrons. The Balaban J connectivity index is 2.78. The van der Waals surface area contributed by atoms with Crippen molar-refractivity contribution < 1.29 is 0 Å². The fraction of sp³-hybridized carbons (Fsp3) is 0.286. The zero-order valence-corrected chi connectivity index (χ0v) is 7.56. The number of anilines is 1. The van der Waals surface area contributed by atoms with E-state index in [2.05, 4.69) is 15.3 Å². The van der Waals surface area contributed by atoms with Crippen molar-refractivity contribution in [2.45, 2.75) is 6.92 Å². The van der Waals surface area contributed by atoms with Gasteiger partial charge in [0.2, 0.25) is 0 Å². The lowest BCUT2D eigenvalue weighted by Crippen LogP contribution is -2.12. The van der Waals surface area contributed by atoms with Gasteiger partial charge in [-0.25, -0.2) is 9.97 Å². The van der Waals surface area contributed by atoms with Crippen molar-refractivity contribution in [1.82, 2.24) is 9.97 Å². The summed E-state index contributed by atoms with van der Waals surface area (Å²) in [5, 5.41) is 3.02. The molecule has 0 atom stereocenters. The highest BCUT2D eigenvalue weighted by molar-refractivity contribution is 7.80. The summed E-state index contributed by atoms with van der Waals surface area (Å²) in [6.07, 6.45) is 3.16. The SMILES string of the molecule is CCNc1cnc(C(N)=S)cn1. The first-order valence-electron chi connectivity index (χ1n) is 3.59. The number of nitrogens with zero attached hydrogens (tertiary/aromatic N) is 2. The van der Waals surface area contributed by atoms with Crippen molar-refractivity contribution in [3.63, 3.8) is 0 Å². The summed E-state index contributed by atoms with van der Waals surface area (Å²) in [6, 6.07) is 0. The molecule has 0 unspecified atom stereocenters. The highest BCUT2D eigenvalue weighted by Gasteiger charge is 1.97. The zero-order valence-electron chi connectivity index (χ0n) is 6.74. The zero-order chi connectivity index (χ0) is 8.97. The van der Waals surface area contributed by atoms with Crippen LogP contribution in [0.25, 0.3) is 0 Å². The third kappa shape index (κ3) is 2.13. The van der Waals surface area contributed by atoms with Gasteiger partial charge in [0.05, 0.1) is 12.4 Å². The van der Waals surface area contributed by atoms with Crippen molar-refractivity contribution in [3.05, 3.63) is 18.1 Å². The molecule has 5 heteroatoms. The molecule has 0 aliphatic heterocycles. The maximum atomic E-state index is 5.35. The van der Waals surface area contributed by atoms with Crippen LogP contribution in [0.3, 0.4) is 0 Å². The van der Waals surface area contributed by atoms with Crippen LogP contribution in [0.1, 0.15) is 12.6 Å². The van der Waals surface area contributed by atoms with E-state index in [1.807, 2.05) is 6.92 Å². The number of thiocarbonyl (C=S) groups is 1. The quantitative estimate of drug-likeness (QED) is 0.668. The van der Waals surface area contributed by atoms with Crippen molar-refractivity contribution in [1.29, 1.82) is 0 Å². The lowest BCUT2D eigenvalue weighted by atomic mass is 10.4. The average Bonchev–Trinajstić information content (AvgIpc) is 2.06. The standard InChI is InChI=1S/C7H10N4S/c1-2-9-6-4-10-5(3-11-6)7(8)12/h3-4H,2H2,1H3,(H2,8,12)(H,9,11). The third-order valence-electron chi connectivity index (χ3n) is 1.26. The number of aromatic nitrogens is 2. The maximum Gasteiger partial charge on any atom is 0.144 e. The van der Waals surface area contributed by atoms with Crippen LogP contribution in [0.15, 0.2) is 12.4 Å². The molecule has 0 amide bonds. The van der Waals surface area contributed by atoms with Crippen LogP contribution in [0, 0.1) is 0 Å². The average molecular weight is 182 g/mol. The molecule has 0 aliphatic carbocycles. The molecule has 1 aromatic rings. The fourth-order valence-electron chi connectivity index (χ4n) is 0.728. The number of nitrogens with one attached hydrogen (secondary N) is 1. The smallest absolute Gasteiger partial charge is 0.144 e. The molecule has 0 fully saturated rings. The summed E-state index contributed by atoms with van der Waals surface area (Å²) in [7, 11) is 0. The second-order valence-electron chi connectivity index (χ2n) is 2.18. The van der Waals surface area contributed by atoms with Crippen LogP contribution in [0.4, 0.5) is 5.82 Å². The predicted molar refractivity (Wildman–Crippen MR) is 52.1 cm³/mol. The van der Waals surface area contributed by atoms with Crippen molar-refractivity contribution >= 4 is 23.0 Å². The number of hydrogen-bond donors (Lipinski definition) is 2. The Bertz CT molecular complexity index is 269. The minimum Gasteiger partial charge on any atom is -0.388 e. The Hall–Kier alpha value is -1.23. The molecule has 4 nitrogen and oxygen atoms in total. The second-order valence-corrected chi connectivity index (χ2v) is 2.62. The van der Waals surface area contributed by atoms with Gasteiger partial charge in [0, 0.05) is 6.54 Å². The highest BCUT2D eigenvalue weighted by Crippen LogP contribution is 1.99. The lowest BCUT2D eigenvalue weighted by Gasteiger charge is -2.01. The Morgan fingerprint density at radius 1 is 1.58 bits per heavy atom. The van der Waals surface area contributed by atoms with E-state index in [9.17, 15) is 0 Å². The van der Waals surface area contributed by atoms with E-state index in [0.717, 1.165) is 12.4 Å². The Kier molecular flexibility index (Phi) is 2.93. The molecule has 1 rings (SSSR count). The molecule has 0 bridgehead atoms. The van der Waals surface area contributed by atoms with Crippen LogP contribution in [0.2, 0.25) is 0 Å². The van der Waals surface area contributed by atoms with Gasteiger partial charge in [-0.05, 0) is 6.92 Å². The number of hydrogen-bond acceptors (Lipinski definition) is 4. The number of rotatable bonds is 3. The predicted octanol–water partition coefficient (Wildman–Crippen LogP) is 0.543. The largest absolute Gasteiger partial charge is 0.388 e. The van der Waals surface area contributed by atoms with Gasteiger partial charge in [-0.15, -0.1) is 0 Å². The first-order chi connectivity index (χ1) is 5.74. The lowest BCUT2D eigenvalue weighted by molar-refractivity contribution is 1.11. The van der Waals surface area contributed by atoms with E-state index in [4.69, 9.17) is 18.0 Å². The van der Waals surface area contributed by atoms with E-state index in [1.54, 1.807) is 12.4 Å². The van der Waals surface area contributed by atoms with Gasteiger partial charge in [0.1, 0.15) is 16.5 Å². The normalized spacial score (nSPS) is 9.42. The summed E-state index contributed by atoms with van der Waals surface area (Å²) in [4.78, 5) is 8.32. The van der Waals surface area contributed by atoms with Gasteiger partial charge >= 0.3 is 0 Å². The summed E-state index contributed by atoms with van der Waals surface area (Å²) < 4.78 is 0. The van der Waals surface area contributed by atoms with Gasteiger partial charge in [0.25, 0.3) is 0 Å². The van der Waals surface area contributed by atoms with Crippen molar-refractivity contribution in [2.75, 3.05) is 11.9 Å². The Labute approximate surface area is 76.2 Å². The van der Waals surface area contributed by atoms with E-state index in [-0.39, 0.29) is 4.99 Å². The molecular formula is C7H10N4S. The van der Waals surface area contributed by atoms with Crippen molar-refractivity contribution in [3.8, 4) is 0 Å². The summed E-state index contributed by atoms with van der Waals surface area (Å²) in [5.41, 5.74) is 5.89.